The van der Waals surface area contributed by atoms with Gasteiger partial charge in [0, 0.05) is 36.9 Å². The quantitative estimate of drug-likeness (QED) is 0.557. The average Bonchev–Trinajstić information content (AvgIpc) is 3.09. The molecule has 0 bridgehead atoms. The fraction of sp³-hybridized carbons (Fsp3) is 0.294. The van der Waals surface area contributed by atoms with Gasteiger partial charge in [-0.3, -0.25) is 14.9 Å². The first kappa shape index (κ1) is 19.9. The zero-order valence-electron chi connectivity index (χ0n) is 14.1. The van der Waals surface area contributed by atoms with Crippen molar-refractivity contribution in [3.8, 4) is 5.88 Å². The van der Waals surface area contributed by atoms with Crippen molar-refractivity contribution in [1.29, 1.82) is 0 Å². The molecule has 1 aromatic carbocycles. The van der Waals surface area contributed by atoms with Gasteiger partial charge in [0.25, 0.3) is 11.6 Å². The molecule has 1 atom stereocenters. The number of alkyl halides is 3. The minimum atomic E-state index is -4.51. The summed E-state index contributed by atoms with van der Waals surface area (Å²) in [7, 11) is 0. The molecular weight excluding hydrogens is 403 g/mol. The van der Waals surface area contributed by atoms with Crippen LogP contribution in [0.4, 0.5) is 18.9 Å². The molecule has 7 nitrogen and oxygen atoms in total. The van der Waals surface area contributed by atoms with Crippen LogP contribution in [0.3, 0.4) is 0 Å². The van der Waals surface area contributed by atoms with Gasteiger partial charge >= 0.3 is 6.18 Å². The minimum absolute atomic E-state index is 0.0835. The van der Waals surface area contributed by atoms with Crippen LogP contribution in [0.25, 0.3) is 0 Å². The van der Waals surface area contributed by atoms with Crippen molar-refractivity contribution in [3.63, 3.8) is 0 Å². The first-order valence-electron chi connectivity index (χ1n) is 8.08. The number of benzene rings is 1. The number of hydrogen-bond donors (Lipinski definition) is 0. The zero-order valence-corrected chi connectivity index (χ0v) is 14.9. The zero-order chi connectivity index (χ0) is 20.5. The van der Waals surface area contributed by atoms with E-state index in [9.17, 15) is 28.1 Å². The lowest BCUT2D eigenvalue weighted by atomic mass is 10.2. The standard InChI is InChI=1S/C17H13ClF3N3O4/c18-13-2-1-10(7-14(13)24(26)27)16(25)23-6-4-12(9-23)28-15-8-11(3-5-22-15)17(19,20)21/h1-3,5,7-8,12H,4,6,9H2. The van der Waals surface area contributed by atoms with E-state index in [1.54, 1.807) is 0 Å². The summed E-state index contributed by atoms with van der Waals surface area (Å²) in [6, 6.07) is 5.37. The molecule has 0 spiro atoms. The molecule has 3 rings (SSSR count). The second kappa shape index (κ2) is 7.63. The van der Waals surface area contributed by atoms with Crippen LogP contribution in [0.15, 0.2) is 36.5 Å². The van der Waals surface area contributed by atoms with Crippen LogP contribution in [-0.2, 0) is 6.18 Å². The van der Waals surface area contributed by atoms with Crippen LogP contribution in [0, 0.1) is 10.1 Å². The van der Waals surface area contributed by atoms with Gasteiger partial charge in [0.1, 0.15) is 11.1 Å². The molecule has 0 aliphatic carbocycles. The Labute approximate surface area is 161 Å². The Morgan fingerprint density at radius 3 is 2.75 bits per heavy atom. The first-order chi connectivity index (χ1) is 13.1. The summed E-state index contributed by atoms with van der Waals surface area (Å²) in [5.74, 6) is -0.640. The Balaban J connectivity index is 1.68. The van der Waals surface area contributed by atoms with Crippen molar-refractivity contribution in [2.24, 2.45) is 0 Å². The minimum Gasteiger partial charge on any atom is -0.472 e. The molecule has 1 saturated heterocycles. The molecule has 148 valence electrons. The number of ether oxygens (including phenoxy) is 1. The van der Waals surface area contributed by atoms with E-state index in [0.29, 0.717) is 13.0 Å². The van der Waals surface area contributed by atoms with Crippen LogP contribution in [0.2, 0.25) is 5.02 Å². The van der Waals surface area contributed by atoms with Crippen molar-refractivity contribution in [3.05, 3.63) is 62.8 Å². The Morgan fingerprint density at radius 1 is 1.32 bits per heavy atom. The monoisotopic (exact) mass is 415 g/mol. The number of pyridine rings is 1. The number of nitro benzene ring substituents is 1. The third-order valence-corrected chi connectivity index (χ3v) is 4.49. The molecule has 0 saturated carbocycles. The number of amides is 1. The number of carbonyl (C=O) groups excluding carboxylic acids is 1. The number of aromatic nitrogens is 1. The molecule has 1 aliphatic rings. The lowest BCUT2D eigenvalue weighted by molar-refractivity contribution is -0.384. The fourth-order valence-electron chi connectivity index (χ4n) is 2.80. The number of halogens is 4. The van der Waals surface area contributed by atoms with Gasteiger partial charge in [0.05, 0.1) is 17.0 Å². The highest BCUT2D eigenvalue weighted by Gasteiger charge is 2.33. The largest absolute Gasteiger partial charge is 0.472 e. The number of likely N-dealkylation sites (tertiary alicyclic amines) is 1. The van der Waals surface area contributed by atoms with E-state index in [1.165, 1.54) is 17.0 Å². The summed E-state index contributed by atoms with van der Waals surface area (Å²) in [5, 5.41) is 10.9. The molecule has 0 radical (unpaired) electrons. The first-order valence-corrected chi connectivity index (χ1v) is 8.46. The number of hydrogen-bond acceptors (Lipinski definition) is 5. The summed E-state index contributed by atoms with van der Waals surface area (Å²) in [6.07, 6.45) is -3.66. The van der Waals surface area contributed by atoms with E-state index < -0.39 is 28.7 Å². The second-order valence-corrected chi connectivity index (χ2v) is 6.49. The third-order valence-electron chi connectivity index (χ3n) is 4.17. The highest BCUT2D eigenvalue weighted by atomic mass is 35.5. The van der Waals surface area contributed by atoms with E-state index in [2.05, 4.69) is 4.98 Å². The Bertz CT molecular complexity index is 923. The van der Waals surface area contributed by atoms with E-state index in [0.717, 1.165) is 24.4 Å². The summed E-state index contributed by atoms with van der Waals surface area (Å²) in [5.41, 5.74) is -1.17. The van der Waals surface area contributed by atoms with Gasteiger partial charge in [0.15, 0.2) is 0 Å². The maximum absolute atomic E-state index is 12.8. The Morgan fingerprint density at radius 2 is 2.07 bits per heavy atom. The molecule has 1 aliphatic heterocycles. The van der Waals surface area contributed by atoms with Gasteiger partial charge in [0.2, 0.25) is 5.88 Å². The van der Waals surface area contributed by atoms with Crippen molar-refractivity contribution in [1.82, 2.24) is 9.88 Å². The molecule has 2 heterocycles. The van der Waals surface area contributed by atoms with Crippen molar-refractivity contribution >= 4 is 23.2 Å². The lowest BCUT2D eigenvalue weighted by Crippen LogP contribution is -2.31. The smallest absolute Gasteiger partial charge is 0.416 e. The van der Waals surface area contributed by atoms with Gasteiger partial charge < -0.3 is 9.64 Å². The summed E-state index contributed by atoms with van der Waals surface area (Å²) >= 11 is 5.74. The van der Waals surface area contributed by atoms with E-state index in [4.69, 9.17) is 16.3 Å². The van der Waals surface area contributed by atoms with E-state index >= 15 is 0 Å². The molecule has 1 amide bonds. The molecule has 11 heteroatoms. The molecule has 2 aromatic rings. The number of nitro groups is 1. The number of nitrogens with zero attached hydrogens (tertiary/aromatic N) is 3. The predicted molar refractivity (Wildman–Crippen MR) is 92.3 cm³/mol. The van der Waals surface area contributed by atoms with Gasteiger partial charge in [-0.15, -0.1) is 0 Å². The van der Waals surface area contributed by atoms with Gasteiger partial charge in [-0.1, -0.05) is 11.6 Å². The maximum atomic E-state index is 12.8. The van der Waals surface area contributed by atoms with Gasteiger partial charge in [-0.05, 0) is 18.2 Å². The van der Waals surface area contributed by atoms with Crippen LogP contribution in [0.5, 0.6) is 5.88 Å². The maximum Gasteiger partial charge on any atom is 0.416 e. The molecule has 1 unspecified atom stereocenters. The molecule has 1 aromatic heterocycles. The summed E-state index contributed by atoms with van der Waals surface area (Å²) in [6.45, 7) is 0.409. The van der Waals surface area contributed by atoms with E-state index in [1.807, 2.05) is 0 Å². The Kier molecular flexibility index (Phi) is 5.41. The Hall–Kier alpha value is -2.88. The third kappa shape index (κ3) is 4.33. The highest BCUT2D eigenvalue weighted by Crippen LogP contribution is 2.31. The summed E-state index contributed by atoms with van der Waals surface area (Å²) in [4.78, 5) is 28.0. The topological polar surface area (TPSA) is 85.6 Å². The lowest BCUT2D eigenvalue weighted by Gasteiger charge is -2.17. The van der Waals surface area contributed by atoms with E-state index in [-0.39, 0.29) is 28.7 Å². The van der Waals surface area contributed by atoms with Crippen molar-refractivity contribution in [2.45, 2.75) is 18.7 Å². The van der Waals surface area contributed by atoms with Crippen LogP contribution in [0.1, 0.15) is 22.3 Å². The van der Waals surface area contributed by atoms with Crippen molar-refractivity contribution in [2.75, 3.05) is 13.1 Å². The van der Waals surface area contributed by atoms with Crippen LogP contribution < -0.4 is 4.74 Å². The SMILES string of the molecule is O=C(c1ccc(Cl)c([N+](=O)[O-])c1)N1CCC(Oc2cc(C(F)(F)F)ccn2)C1. The normalized spacial score (nSPS) is 16.9. The fourth-order valence-corrected chi connectivity index (χ4v) is 2.98. The van der Waals surface area contributed by atoms with Crippen LogP contribution in [-0.4, -0.2) is 39.9 Å². The van der Waals surface area contributed by atoms with Crippen LogP contribution >= 0.6 is 11.6 Å². The van der Waals surface area contributed by atoms with Gasteiger partial charge in [-0.25, -0.2) is 4.98 Å². The number of rotatable bonds is 4. The second-order valence-electron chi connectivity index (χ2n) is 6.08. The number of carbonyl (C=O) groups is 1. The molecule has 28 heavy (non-hydrogen) atoms. The van der Waals surface area contributed by atoms with Gasteiger partial charge in [-0.2, -0.15) is 13.2 Å². The molecule has 1 fully saturated rings. The highest BCUT2D eigenvalue weighted by molar-refractivity contribution is 6.32. The summed E-state index contributed by atoms with van der Waals surface area (Å²) < 4.78 is 43.8. The molecular formula is C17H13ClF3N3O4. The molecule has 0 N–H and O–H groups in total. The van der Waals surface area contributed by atoms with Crippen molar-refractivity contribution < 1.29 is 27.6 Å². The predicted octanol–water partition coefficient (Wildman–Crippen LogP) is 3.96. The average molecular weight is 416 g/mol.